The Morgan fingerprint density at radius 1 is 1.56 bits per heavy atom. The van der Waals surface area contributed by atoms with Crippen LogP contribution in [0.1, 0.15) is 26.7 Å². The van der Waals surface area contributed by atoms with Crippen LogP contribution in [0.5, 0.6) is 0 Å². The van der Waals surface area contributed by atoms with E-state index in [1.54, 1.807) is 13.8 Å². The molecule has 1 N–H and O–H groups in total. The minimum absolute atomic E-state index is 0.768. The van der Waals surface area contributed by atoms with Crippen molar-refractivity contribution in [2.24, 2.45) is 0 Å². The molecule has 0 aliphatic rings. The Hall–Kier alpha value is -0.480. The maximum Gasteiger partial charge on any atom is 0.119 e. The van der Waals surface area contributed by atoms with Crippen molar-refractivity contribution in [3.63, 3.8) is 0 Å². The second-order valence-electron chi connectivity index (χ2n) is 2.46. The van der Waals surface area contributed by atoms with E-state index in [4.69, 9.17) is 5.11 Å². The average molecular weight is 125 g/mol. The summed E-state index contributed by atoms with van der Waals surface area (Å²) >= 11 is 0. The predicted molar refractivity (Wildman–Crippen MR) is 38.7 cm³/mol. The van der Waals surface area contributed by atoms with Crippen molar-refractivity contribution >= 4 is 0 Å². The monoisotopic (exact) mass is 125 g/mol. The third-order valence-electron chi connectivity index (χ3n) is 0.696. The van der Waals surface area contributed by atoms with Crippen molar-refractivity contribution in [1.29, 1.82) is 0 Å². The topological polar surface area (TPSA) is 20.2 Å². The van der Waals surface area contributed by atoms with E-state index < -0.39 is 5.60 Å². The molecule has 0 atom stereocenters. The van der Waals surface area contributed by atoms with Gasteiger partial charge in [0.25, 0.3) is 0 Å². The first-order valence-electron chi connectivity index (χ1n) is 3.08. The molecule has 0 aromatic rings. The van der Waals surface area contributed by atoms with Gasteiger partial charge in [-0.25, -0.2) is 0 Å². The summed E-state index contributed by atoms with van der Waals surface area (Å²) in [6, 6.07) is 0. The molecule has 0 spiro atoms. The van der Waals surface area contributed by atoms with Crippen LogP contribution in [0.3, 0.4) is 0 Å². The number of aliphatic hydroxyl groups is 1. The molecule has 0 aliphatic carbocycles. The minimum Gasteiger partial charge on any atom is -0.378 e. The number of hydrogen-bond donors (Lipinski definition) is 1. The Labute approximate surface area is 57.1 Å². The molecule has 0 heterocycles. The highest BCUT2D eigenvalue weighted by molar-refractivity contribution is 5.09. The van der Waals surface area contributed by atoms with E-state index in [1.807, 2.05) is 0 Å². The zero-order valence-electron chi connectivity index (χ0n) is 6.07. The van der Waals surface area contributed by atoms with Crippen molar-refractivity contribution in [2.45, 2.75) is 32.3 Å². The van der Waals surface area contributed by atoms with Crippen LogP contribution in [0.15, 0.2) is 0 Å². The van der Waals surface area contributed by atoms with Crippen molar-refractivity contribution < 1.29 is 5.11 Å². The first-order chi connectivity index (χ1) is 4.06. The molecule has 0 fully saturated rings. The lowest BCUT2D eigenvalue weighted by Crippen LogP contribution is -2.14. The largest absolute Gasteiger partial charge is 0.378 e. The molecule has 0 saturated heterocycles. The van der Waals surface area contributed by atoms with Crippen LogP contribution in [-0.4, -0.2) is 10.7 Å². The van der Waals surface area contributed by atoms with Gasteiger partial charge in [-0.15, -0.1) is 5.92 Å². The van der Waals surface area contributed by atoms with E-state index in [0.717, 1.165) is 12.8 Å². The zero-order chi connectivity index (χ0) is 7.33. The molecular weight excluding hydrogens is 112 g/mol. The lowest BCUT2D eigenvalue weighted by molar-refractivity contribution is 0.143. The quantitative estimate of drug-likeness (QED) is 0.525. The fraction of sp³-hybridized carbons (Fsp3) is 0.625. The van der Waals surface area contributed by atoms with Gasteiger partial charge in [-0.3, -0.25) is 0 Å². The Kier molecular flexibility index (Phi) is 3.34. The maximum absolute atomic E-state index is 9.05. The first-order valence-corrected chi connectivity index (χ1v) is 3.08. The summed E-state index contributed by atoms with van der Waals surface area (Å²) in [5, 5.41) is 9.05. The Bertz CT molecular complexity index is 120. The highest BCUT2D eigenvalue weighted by Gasteiger charge is 2.04. The van der Waals surface area contributed by atoms with Gasteiger partial charge in [-0.2, -0.15) is 0 Å². The maximum atomic E-state index is 9.05. The van der Waals surface area contributed by atoms with Gasteiger partial charge < -0.3 is 5.11 Å². The Balaban J connectivity index is 3.59. The number of unbranched alkanes of at least 4 members (excludes halogenated alkanes) is 1. The predicted octanol–water partition coefficient (Wildman–Crippen LogP) is 1.37. The third-order valence-corrected chi connectivity index (χ3v) is 0.696. The van der Waals surface area contributed by atoms with Crippen molar-refractivity contribution in [2.75, 3.05) is 0 Å². The summed E-state index contributed by atoms with van der Waals surface area (Å²) in [4.78, 5) is 0. The van der Waals surface area contributed by atoms with E-state index in [1.165, 1.54) is 0 Å². The molecule has 0 saturated carbocycles. The molecule has 0 amide bonds. The van der Waals surface area contributed by atoms with E-state index in [2.05, 4.69) is 18.8 Å². The van der Waals surface area contributed by atoms with Gasteiger partial charge >= 0.3 is 0 Å². The molecule has 1 radical (unpaired) electrons. The first kappa shape index (κ1) is 8.52. The van der Waals surface area contributed by atoms with Crippen molar-refractivity contribution in [1.82, 2.24) is 0 Å². The van der Waals surface area contributed by atoms with Crippen molar-refractivity contribution in [3.8, 4) is 11.8 Å². The van der Waals surface area contributed by atoms with E-state index in [0.29, 0.717) is 0 Å². The van der Waals surface area contributed by atoms with Crippen molar-refractivity contribution in [3.05, 3.63) is 6.92 Å². The summed E-state index contributed by atoms with van der Waals surface area (Å²) in [6.07, 6.45) is 1.58. The average Bonchev–Trinajstić information content (AvgIpc) is 1.63. The van der Waals surface area contributed by atoms with Gasteiger partial charge in [-0.1, -0.05) is 12.8 Å². The smallest absolute Gasteiger partial charge is 0.119 e. The number of rotatable bonds is 1. The Morgan fingerprint density at radius 3 is 2.44 bits per heavy atom. The molecule has 1 heteroatoms. The van der Waals surface area contributed by atoms with E-state index in [9.17, 15) is 0 Å². The van der Waals surface area contributed by atoms with Crippen LogP contribution < -0.4 is 0 Å². The standard InChI is InChI=1S/C8H13O/c1-4-5-6-7-8(2,3)9/h9H,1,4-5H2,2-3H3. The van der Waals surface area contributed by atoms with E-state index >= 15 is 0 Å². The summed E-state index contributed by atoms with van der Waals surface area (Å²) in [5.74, 6) is 5.50. The van der Waals surface area contributed by atoms with Crippen LogP contribution >= 0.6 is 0 Å². The normalized spacial score (nSPS) is 10.2. The summed E-state index contributed by atoms with van der Waals surface area (Å²) in [6.45, 7) is 6.96. The van der Waals surface area contributed by atoms with Crippen LogP contribution in [0.4, 0.5) is 0 Å². The second-order valence-corrected chi connectivity index (χ2v) is 2.46. The summed E-state index contributed by atoms with van der Waals surface area (Å²) in [5.41, 5.74) is -0.838. The van der Waals surface area contributed by atoms with Gasteiger partial charge in [0.1, 0.15) is 5.60 Å². The van der Waals surface area contributed by atoms with Crippen LogP contribution in [0.2, 0.25) is 0 Å². The lowest BCUT2D eigenvalue weighted by atomic mass is 10.1. The van der Waals surface area contributed by atoms with Gasteiger partial charge in [0, 0.05) is 6.42 Å². The van der Waals surface area contributed by atoms with Crippen LogP contribution in [0.25, 0.3) is 0 Å². The van der Waals surface area contributed by atoms with Crippen LogP contribution in [-0.2, 0) is 0 Å². The fourth-order valence-electron chi connectivity index (χ4n) is 0.367. The molecule has 51 valence electrons. The molecular formula is C8H13O. The highest BCUT2D eigenvalue weighted by Crippen LogP contribution is 1.96. The summed E-state index contributed by atoms with van der Waals surface area (Å²) in [7, 11) is 0. The summed E-state index contributed by atoms with van der Waals surface area (Å²) < 4.78 is 0. The SMILES string of the molecule is [CH2]CCC#CC(C)(C)O. The molecule has 9 heavy (non-hydrogen) atoms. The molecule has 0 unspecified atom stereocenters. The van der Waals surface area contributed by atoms with Gasteiger partial charge in [0.15, 0.2) is 0 Å². The zero-order valence-corrected chi connectivity index (χ0v) is 6.07. The van der Waals surface area contributed by atoms with Crippen LogP contribution in [0, 0.1) is 18.8 Å². The molecule has 0 aromatic heterocycles. The third kappa shape index (κ3) is 7.52. The molecule has 0 aromatic carbocycles. The molecule has 0 rings (SSSR count). The molecule has 0 aliphatic heterocycles. The highest BCUT2D eigenvalue weighted by atomic mass is 16.3. The molecule has 0 bridgehead atoms. The van der Waals surface area contributed by atoms with E-state index in [-0.39, 0.29) is 0 Å². The molecule has 1 nitrogen and oxygen atoms in total. The lowest BCUT2D eigenvalue weighted by Gasteiger charge is -2.05. The minimum atomic E-state index is -0.838. The fourth-order valence-corrected chi connectivity index (χ4v) is 0.367. The Morgan fingerprint density at radius 2 is 2.11 bits per heavy atom. The van der Waals surface area contributed by atoms with Gasteiger partial charge in [0.2, 0.25) is 0 Å². The van der Waals surface area contributed by atoms with Gasteiger partial charge in [0.05, 0.1) is 0 Å². The number of hydrogen-bond acceptors (Lipinski definition) is 1. The van der Waals surface area contributed by atoms with Gasteiger partial charge in [-0.05, 0) is 20.3 Å². The second kappa shape index (κ2) is 3.53.